The molecule has 3 aromatic rings. The number of rotatable bonds is 5. The second-order valence-electron chi connectivity index (χ2n) is 5.74. The van der Waals surface area contributed by atoms with Crippen LogP contribution >= 0.6 is 23.2 Å². The van der Waals surface area contributed by atoms with Gasteiger partial charge in [0.15, 0.2) is 0 Å². The van der Waals surface area contributed by atoms with Crippen molar-refractivity contribution < 1.29 is 23.8 Å². The second kappa shape index (κ2) is 8.20. The number of aromatic carboxylic acids is 1. The fourth-order valence-electron chi connectivity index (χ4n) is 2.69. The van der Waals surface area contributed by atoms with E-state index in [4.69, 9.17) is 28.3 Å². The molecule has 3 aromatic carbocycles. The van der Waals surface area contributed by atoms with Crippen molar-refractivity contribution in [3.05, 3.63) is 76.3 Å². The number of anilines is 2. The number of nitrogens with zero attached hydrogens (tertiary/aromatic N) is 1. The molecule has 6 nitrogen and oxygen atoms in total. The van der Waals surface area contributed by atoms with Gasteiger partial charge in [0.25, 0.3) is 11.3 Å². The smallest absolute Gasteiger partial charge is 0.339 e. The van der Waals surface area contributed by atoms with Crippen LogP contribution in [0.25, 0.3) is 11.1 Å². The van der Waals surface area contributed by atoms with Crippen molar-refractivity contribution >= 4 is 51.8 Å². The van der Waals surface area contributed by atoms with Crippen LogP contribution in [-0.4, -0.2) is 24.9 Å². The first kappa shape index (κ1) is 20.2. The zero-order chi connectivity index (χ0) is 20.4. The molecule has 3 rings (SSSR count). The lowest BCUT2D eigenvalue weighted by molar-refractivity contribution is 0.0694. The predicted octanol–water partition coefficient (Wildman–Crippen LogP) is 5.34. The van der Waals surface area contributed by atoms with Crippen molar-refractivity contribution in [2.24, 2.45) is 0 Å². The molecule has 0 saturated carbocycles. The van der Waals surface area contributed by atoms with Gasteiger partial charge in [-0.25, -0.2) is 13.3 Å². The van der Waals surface area contributed by atoms with E-state index in [0.29, 0.717) is 26.9 Å². The molecule has 9 heteroatoms. The Morgan fingerprint density at radius 3 is 2.11 bits per heavy atom. The zero-order valence-corrected chi connectivity index (χ0v) is 16.4. The first-order chi connectivity index (χ1) is 13.3. The minimum atomic E-state index is -2.48. The Balaban J connectivity index is 2.08. The van der Waals surface area contributed by atoms with Crippen LogP contribution < -0.4 is 4.31 Å². The minimum absolute atomic E-state index is 0.143. The highest BCUT2D eigenvalue weighted by Crippen LogP contribution is 2.34. The van der Waals surface area contributed by atoms with Gasteiger partial charge in [-0.1, -0.05) is 35.3 Å². The Hall–Kier alpha value is -2.58. The summed E-state index contributed by atoms with van der Waals surface area (Å²) >= 11 is 9.61. The molecule has 0 amide bonds. The van der Waals surface area contributed by atoms with Crippen molar-refractivity contribution in [2.45, 2.75) is 0 Å². The summed E-state index contributed by atoms with van der Waals surface area (Å²) in [4.78, 5) is 11.1. The van der Waals surface area contributed by atoms with Crippen LogP contribution in [0.4, 0.5) is 11.4 Å². The van der Waals surface area contributed by atoms with Crippen LogP contribution in [0.1, 0.15) is 10.4 Å². The Bertz CT molecular complexity index is 1070. The van der Waals surface area contributed by atoms with E-state index in [9.17, 15) is 18.7 Å². The van der Waals surface area contributed by atoms with Crippen LogP contribution in [0, 0.1) is 0 Å². The number of hydrogen-bond donors (Lipinski definition) is 3. The van der Waals surface area contributed by atoms with Gasteiger partial charge >= 0.3 is 5.97 Å². The van der Waals surface area contributed by atoms with Gasteiger partial charge in [0.05, 0.1) is 11.4 Å². The summed E-state index contributed by atoms with van der Waals surface area (Å²) in [5.41, 5.74) is 1.59. The minimum Gasteiger partial charge on any atom is -0.507 e. The molecule has 1 atom stereocenters. The summed E-state index contributed by atoms with van der Waals surface area (Å²) in [5, 5.41) is 19.8. The standard InChI is InChI=1S/C19H13Cl2NO5S/c20-13-6-12(7-14(21)9-13)11-2-1-3-15(8-11)22(28(26)27)16-4-5-17(19(24)25)18(23)10-16/h1-10,23H,(H,24,25)(H,26,27). The highest BCUT2D eigenvalue weighted by atomic mass is 35.5. The van der Waals surface area contributed by atoms with Gasteiger partial charge in [-0.2, -0.15) is 0 Å². The van der Waals surface area contributed by atoms with Crippen LogP contribution in [0.2, 0.25) is 10.0 Å². The molecule has 0 spiro atoms. The molecule has 0 aliphatic carbocycles. The Morgan fingerprint density at radius 2 is 1.54 bits per heavy atom. The number of carboxylic acid groups (broad SMARTS) is 1. The average Bonchev–Trinajstić information content (AvgIpc) is 2.61. The number of hydrogen-bond acceptors (Lipinski definition) is 3. The first-order valence-electron chi connectivity index (χ1n) is 7.80. The monoisotopic (exact) mass is 437 g/mol. The van der Waals surface area contributed by atoms with E-state index in [0.717, 1.165) is 16.4 Å². The maximum Gasteiger partial charge on any atom is 0.339 e. The summed E-state index contributed by atoms with van der Waals surface area (Å²) in [6.45, 7) is 0. The van der Waals surface area contributed by atoms with E-state index in [-0.39, 0.29) is 11.3 Å². The van der Waals surface area contributed by atoms with Gasteiger partial charge in [-0.15, -0.1) is 0 Å². The molecule has 0 aliphatic heterocycles. The van der Waals surface area contributed by atoms with Crippen LogP contribution in [0.3, 0.4) is 0 Å². The molecule has 0 aromatic heterocycles. The molecule has 3 N–H and O–H groups in total. The molecule has 0 heterocycles. The third kappa shape index (κ3) is 4.28. The van der Waals surface area contributed by atoms with E-state index in [1.165, 1.54) is 6.07 Å². The highest BCUT2D eigenvalue weighted by molar-refractivity contribution is 7.81. The van der Waals surface area contributed by atoms with Crippen molar-refractivity contribution in [3.63, 3.8) is 0 Å². The summed E-state index contributed by atoms with van der Waals surface area (Å²) in [6, 6.07) is 15.3. The van der Waals surface area contributed by atoms with Gasteiger partial charge in [-0.05, 0) is 53.6 Å². The molecular formula is C19H13Cl2NO5S. The fourth-order valence-corrected chi connectivity index (χ4v) is 3.80. The maximum absolute atomic E-state index is 12.0. The predicted molar refractivity (Wildman–Crippen MR) is 110 cm³/mol. The van der Waals surface area contributed by atoms with Crippen LogP contribution in [0.5, 0.6) is 5.75 Å². The van der Waals surface area contributed by atoms with Gasteiger partial charge in [0.2, 0.25) is 0 Å². The fraction of sp³-hybridized carbons (Fsp3) is 0. The third-order valence-electron chi connectivity index (χ3n) is 3.88. The molecule has 0 aliphatic rings. The lowest BCUT2D eigenvalue weighted by Gasteiger charge is -2.21. The van der Waals surface area contributed by atoms with E-state index in [2.05, 4.69) is 0 Å². The molecule has 0 radical (unpaired) electrons. The molecule has 0 saturated heterocycles. The maximum atomic E-state index is 12.0. The summed E-state index contributed by atoms with van der Waals surface area (Å²) in [7, 11) is 0. The number of benzene rings is 3. The quantitative estimate of drug-likeness (QED) is 0.467. The lowest BCUT2D eigenvalue weighted by Crippen LogP contribution is -2.19. The lowest BCUT2D eigenvalue weighted by atomic mass is 10.0. The van der Waals surface area contributed by atoms with Crippen molar-refractivity contribution in [3.8, 4) is 16.9 Å². The Morgan fingerprint density at radius 1 is 0.893 bits per heavy atom. The Labute approximate surface area is 173 Å². The third-order valence-corrected chi connectivity index (χ3v) is 5.05. The molecule has 144 valence electrons. The van der Waals surface area contributed by atoms with Gasteiger partial charge in [-0.3, -0.25) is 4.55 Å². The molecule has 28 heavy (non-hydrogen) atoms. The molecule has 0 bridgehead atoms. The van der Waals surface area contributed by atoms with E-state index < -0.39 is 23.0 Å². The molecule has 0 fully saturated rings. The van der Waals surface area contributed by atoms with E-state index in [1.54, 1.807) is 42.5 Å². The van der Waals surface area contributed by atoms with E-state index >= 15 is 0 Å². The summed E-state index contributed by atoms with van der Waals surface area (Å²) in [5.74, 6) is -1.82. The van der Waals surface area contributed by atoms with Gasteiger partial charge < -0.3 is 10.2 Å². The largest absolute Gasteiger partial charge is 0.507 e. The second-order valence-corrected chi connectivity index (χ2v) is 7.44. The SMILES string of the molecule is O=C(O)c1ccc(N(c2cccc(-c3cc(Cl)cc(Cl)c3)c2)S(=O)O)cc1O. The number of halogens is 2. The van der Waals surface area contributed by atoms with E-state index in [1.807, 2.05) is 0 Å². The number of aromatic hydroxyl groups is 1. The number of carbonyl (C=O) groups is 1. The van der Waals surface area contributed by atoms with Crippen LogP contribution in [-0.2, 0) is 11.3 Å². The van der Waals surface area contributed by atoms with Gasteiger partial charge in [0.1, 0.15) is 11.3 Å². The summed E-state index contributed by atoms with van der Waals surface area (Å²) in [6.07, 6.45) is 0. The number of carboxylic acids is 1. The van der Waals surface area contributed by atoms with Crippen LogP contribution in [0.15, 0.2) is 60.7 Å². The van der Waals surface area contributed by atoms with Crippen molar-refractivity contribution in [2.75, 3.05) is 4.31 Å². The van der Waals surface area contributed by atoms with Gasteiger partial charge in [0, 0.05) is 16.1 Å². The number of phenols is 1. The molecular weight excluding hydrogens is 425 g/mol. The first-order valence-corrected chi connectivity index (χ1v) is 9.62. The Kier molecular flexibility index (Phi) is 5.90. The topological polar surface area (TPSA) is 98.1 Å². The van der Waals surface area contributed by atoms with Crippen molar-refractivity contribution in [1.29, 1.82) is 0 Å². The average molecular weight is 438 g/mol. The highest BCUT2D eigenvalue weighted by Gasteiger charge is 2.19. The normalized spacial score (nSPS) is 11.8. The van der Waals surface area contributed by atoms with Crippen molar-refractivity contribution in [1.82, 2.24) is 0 Å². The molecule has 1 unspecified atom stereocenters. The summed E-state index contributed by atoms with van der Waals surface area (Å²) < 4.78 is 22.8. The zero-order valence-electron chi connectivity index (χ0n) is 14.0.